The molecule has 1 N–H and O–H groups in total. The molecular formula is C16H16N4O2. The maximum Gasteiger partial charge on any atom is 0.258 e. The van der Waals surface area contributed by atoms with Crippen LogP contribution in [0.2, 0.25) is 0 Å². The van der Waals surface area contributed by atoms with E-state index in [4.69, 9.17) is 4.52 Å². The molecule has 22 heavy (non-hydrogen) atoms. The van der Waals surface area contributed by atoms with E-state index < -0.39 is 0 Å². The summed E-state index contributed by atoms with van der Waals surface area (Å²) < 4.78 is 5.14. The molecule has 0 aromatic carbocycles. The summed E-state index contributed by atoms with van der Waals surface area (Å²) in [7, 11) is 0. The van der Waals surface area contributed by atoms with E-state index in [0.29, 0.717) is 28.9 Å². The first-order valence-corrected chi connectivity index (χ1v) is 7.06. The summed E-state index contributed by atoms with van der Waals surface area (Å²) in [4.78, 5) is 20.7. The number of pyridine rings is 2. The first kappa shape index (κ1) is 14.2. The van der Waals surface area contributed by atoms with E-state index in [0.717, 1.165) is 17.7 Å². The first-order chi connectivity index (χ1) is 10.6. The van der Waals surface area contributed by atoms with Crippen LogP contribution in [0.25, 0.3) is 11.1 Å². The van der Waals surface area contributed by atoms with Crippen LogP contribution >= 0.6 is 0 Å². The molecular weight excluding hydrogens is 280 g/mol. The lowest BCUT2D eigenvalue weighted by atomic mass is 10.1. The van der Waals surface area contributed by atoms with Gasteiger partial charge >= 0.3 is 0 Å². The van der Waals surface area contributed by atoms with Gasteiger partial charge in [-0.25, -0.2) is 4.98 Å². The van der Waals surface area contributed by atoms with Gasteiger partial charge in [-0.3, -0.25) is 9.78 Å². The van der Waals surface area contributed by atoms with Crippen LogP contribution in [0.15, 0.2) is 35.1 Å². The minimum absolute atomic E-state index is 0.148. The molecule has 0 saturated carbocycles. The number of carbonyl (C=O) groups is 1. The number of amides is 1. The molecule has 6 heteroatoms. The number of hydrogen-bond donors (Lipinski definition) is 1. The van der Waals surface area contributed by atoms with E-state index in [9.17, 15) is 4.79 Å². The number of hydrogen-bond acceptors (Lipinski definition) is 5. The van der Waals surface area contributed by atoms with Gasteiger partial charge in [0.15, 0.2) is 0 Å². The molecule has 112 valence electrons. The van der Waals surface area contributed by atoms with Gasteiger partial charge in [0, 0.05) is 24.6 Å². The van der Waals surface area contributed by atoms with Gasteiger partial charge in [-0.05, 0) is 38.0 Å². The number of aromatic nitrogens is 3. The topological polar surface area (TPSA) is 80.9 Å². The number of nitrogens with zero attached hydrogens (tertiary/aromatic N) is 3. The van der Waals surface area contributed by atoms with Gasteiger partial charge in [0.2, 0.25) is 0 Å². The van der Waals surface area contributed by atoms with Crippen LogP contribution in [0.4, 0.5) is 0 Å². The van der Waals surface area contributed by atoms with Crippen LogP contribution in [0.1, 0.15) is 27.3 Å². The molecule has 0 aliphatic rings. The monoisotopic (exact) mass is 296 g/mol. The minimum atomic E-state index is -0.148. The SMILES string of the molecule is Cc1cc(C(=O)NCCc2cccnc2)c2c(C)noc2n1. The molecule has 0 fully saturated rings. The normalized spacial score (nSPS) is 10.8. The Labute approximate surface area is 127 Å². The highest BCUT2D eigenvalue weighted by Gasteiger charge is 2.17. The first-order valence-electron chi connectivity index (χ1n) is 7.06. The number of fused-ring (bicyclic) bond motifs is 1. The molecule has 3 rings (SSSR count). The Morgan fingerprint density at radius 2 is 2.23 bits per heavy atom. The van der Waals surface area contributed by atoms with E-state index in [1.165, 1.54) is 0 Å². The predicted octanol–water partition coefficient (Wildman–Crippen LogP) is 2.21. The van der Waals surface area contributed by atoms with E-state index in [1.54, 1.807) is 25.4 Å². The van der Waals surface area contributed by atoms with Crippen molar-refractivity contribution in [2.24, 2.45) is 0 Å². The molecule has 0 atom stereocenters. The van der Waals surface area contributed by atoms with Crippen molar-refractivity contribution >= 4 is 17.0 Å². The largest absolute Gasteiger partial charge is 0.352 e. The number of carbonyl (C=O) groups excluding carboxylic acids is 1. The summed E-state index contributed by atoms with van der Waals surface area (Å²) >= 11 is 0. The van der Waals surface area contributed by atoms with E-state index >= 15 is 0 Å². The summed E-state index contributed by atoms with van der Waals surface area (Å²) in [6, 6.07) is 5.62. The second-order valence-electron chi connectivity index (χ2n) is 5.13. The molecule has 0 radical (unpaired) electrons. The van der Waals surface area contributed by atoms with Crippen molar-refractivity contribution in [2.75, 3.05) is 6.54 Å². The van der Waals surface area contributed by atoms with Crippen molar-refractivity contribution in [1.82, 2.24) is 20.4 Å². The number of aryl methyl sites for hydroxylation is 2. The minimum Gasteiger partial charge on any atom is -0.352 e. The zero-order valence-corrected chi connectivity index (χ0v) is 12.5. The Hall–Kier alpha value is -2.76. The smallest absolute Gasteiger partial charge is 0.258 e. The van der Waals surface area contributed by atoms with Crippen molar-refractivity contribution < 1.29 is 9.32 Å². The summed E-state index contributed by atoms with van der Waals surface area (Å²) in [6.07, 6.45) is 4.26. The summed E-state index contributed by atoms with van der Waals surface area (Å²) in [5, 5.41) is 7.47. The molecule has 0 aliphatic carbocycles. The standard InChI is InChI=1S/C16H16N4O2/c1-10-8-13(14-11(2)20-22-16(14)19-10)15(21)18-7-5-12-4-3-6-17-9-12/h3-4,6,8-9H,5,7H2,1-2H3,(H,18,21). The van der Waals surface area contributed by atoms with Crippen LogP contribution in [0.5, 0.6) is 0 Å². The fourth-order valence-corrected chi connectivity index (χ4v) is 2.36. The van der Waals surface area contributed by atoms with Crippen molar-refractivity contribution in [3.63, 3.8) is 0 Å². The summed E-state index contributed by atoms with van der Waals surface area (Å²) in [5.74, 6) is -0.148. The Bertz CT molecular complexity index is 812. The Kier molecular flexibility index (Phi) is 3.82. The zero-order valence-electron chi connectivity index (χ0n) is 12.5. The van der Waals surface area contributed by atoms with Gasteiger partial charge in [-0.2, -0.15) is 0 Å². The van der Waals surface area contributed by atoms with Crippen LogP contribution < -0.4 is 5.32 Å². The highest BCUT2D eigenvalue weighted by molar-refractivity contribution is 6.06. The fraction of sp³-hybridized carbons (Fsp3) is 0.250. The van der Waals surface area contributed by atoms with Crippen LogP contribution in [0, 0.1) is 13.8 Å². The molecule has 6 nitrogen and oxygen atoms in total. The summed E-state index contributed by atoms with van der Waals surface area (Å²) in [5.41, 5.74) is 3.42. The van der Waals surface area contributed by atoms with E-state index in [-0.39, 0.29) is 5.91 Å². The number of rotatable bonds is 4. The number of nitrogens with one attached hydrogen (secondary N) is 1. The van der Waals surface area contributed by atoms with E-state index in [1.807, 2.05) is 19.1 Å². The van der Waals surface area contributed by atoms with Gasteiger partial charge in [0.1, 0.15) is 0 Å². The third kappa shape index (κ3) is 2.81. The zero-order chi connectivity index (χ0) is 15.5. The Morgan fingerprint density at radius 3 is 3.00 bits per heavy atom. The lowest BCUT2D eigenvalue weighted by Crippen LogP contribution is -2.26. The fourth-order valence-electron chi connectivity index (χ4n) is 2.36. The average Bonchev–Trinajstić information content (AvgIpc) is 2.88. The maximum atomic E-state index is 12.4. The van der Waals surface area contributed by atoms with Crippen molar-refractivity contribution in [2.45, 2.75) is 20.3 Å². The van der Waals surface area contributed by atoms with Crippen LogP contribution in [0.3, 0.4) is 0 Å². The van der Waals surface area contributed by atoms with Gasteiger partial charge in [-0.1, -0.05) is 11.2 Å². The van der Waals surface area contributed by atoms with Crippen LogP contribution in [-0.2, 0) is 6.42 Å². The highest BCUT2D eigenvalue weighted by atomic mass is 16.5. The van der Waals surface area contributed by atoms with Gasteiger partial charge in [0.05, 0.1) is 16.6 Å². The lowest BCUT2D eigenvalue weighted by Gasteiger charge is -2.07. The molecule has 3 heterocycles. The average molecular weight is 296 g/mol. The molecule has 3 aromatic rings. The predicted molar refractivity (Wildman–Crippen MR) is 81.6 cm³/mol. The van der Waals surface area contributed by atoms with Crippen molar-refractivity contribution in [1.29, 1.82) is 0 Å². The Balaban J connectivity index is 1.76. The third-order valence-corrected chi connectivity index (χ3v) is 3.41. The van der Waals surface area contributed by atoms with Crippen LogP contribution in [-0.4, -0.2) is 27.6 Å². The summed E-state index contributed by atoms with van der Waals surface area (Å²) in [6.45, 7) is 4.16. The van der Waals surface area contributed by atoms with Crippen molar-refractivity contribution in [3.05, 3.63) is 53.1 Å². The van der Waals surface area contributed by atoms with Gasteiger partial charge in [0.25, 0.3) is 11.6 Å². The molecule has 0 unspecified atom stereocenters. The third-order valence-electron chi connectivity index (χ3n) is 3.41. The quantitative estimate of drug-likeness (QED) is 0.798. The Morgan fingerprint density at radius 1 is 1.36 bits per heavy atom. The molecule has 0 spiro atoms. The second-order valence-corrected chi connectivity index (χ2v) is 5.13. The lowest BCUT2D eigenvalue weighted by molar-refractivity contribution is 0.0955. The van der Waals surface area contributed by atoms with Gasteiger partial charge < -0.3 is 9.84 Å². The molecule has 0 saturated heterocycles. The van der Waals surface area contributed by atoms with Crippen molar-refractivity contribution in [3.8, 4) is 0 Å². The van der Waals surface area contributed by atoms with E-state index in [2.05, 4.69) is 20.4 Å². The molecule has 3 aromatic heterocycles. The highest BCUT2D eigenvalue weighted by Crippen LogP contribution is 2.21. The molecule has 0 bridgehead atoms. The second kappa shape index (κ2) is 5.93. The molecule has 1 amide bonds. The maximum absolute atomic E-state index is 12.4. The molecule has 0 aliphatic heterocycles. The van der Waals surface area contributed by atoms with Gasteiger partial charge in [-0.15, -0.1) is 0 Å².